The molecule has 73 heavy (non-hydrogen) atoms. The van der Waals surface area contributed by atoms with Crippen LogP contribution in [-0.2, 0) is 17.4 Å². The van der Waals surface area contributed by atoms with Crippen LogP contribution in [0.25, 0.3) is 11.1 Å². The molecule has 1 saturated carbocycles. The minimum Gasteiger partial charge on any atom is -0.496 e. The summed E-state index contributed by atoms with van der Waals surface area (Å²) in [5.41, 5.74) is 6.16. The summed E-state index contributed by atoms with van der Waals surface area (Å²) in [6, 6.07) is 29.1. The van der Waals surface area contributed by atoms with Crippen LogP contribution in [0.5, 0.6) is 51.7 Å². The molecule has 0 aromatic heterocycles. The summed E-state index contributed by atoms with van der Waals surface area (Å²) in [6.45, 7) is 4.15. The van der Waals surface area contributed by atoms with Crippen molar-refractivity contribution in [2.45, 2.75) is 68.9 Å². The Hall–Kier alpha value is -6.60. The number of nitrogens with two attached hydrogens (primary N) is 1. The third-order valence-corrected chi connectivity index (χ3v) is 15.3. The van der Waals surface area contributed by atoms with Crippen LogP contribution in [0, 0.1) is 11.6 Å². The fourth-order valence-electron chi connectivity index (χ4n) is 11.2. The Labute approximate surface area is 436 Å². The lowest BCUT2D eigenvalue weighted by Crippen LogP contribution is -2.55. The van der Waals surface area contributed by atoms with Crippen molar-refractivity contribution in [3.05, 3.63) is 169 Å². The summed E-state index contributed by atoms with van der Waals surface area (Å²) in [5, 5.41) is -0.268. The molecule has 0 radical (unpaired) electrons. The van der Waals surface area contributed by atoms with Crippen LogP contribution < -0.4 is 48.4 Å². The number of allylic oxidation sites excluding steroid dienone is 4. The van der Waals surface area contributed by atoms with Crippen molar-refractivity contribution in [2.75, 3.05) is 56.9 Å². The van der Waals surface area contributed by atoms with Gasteiger partial charge in [0.25, 0.3) is 0 Å². The molecule has 0 amide bonds. The molecule has 384 valence electrons. The zero-order valence-electron chi connectivity index (χ0n) is 42.8. The van der Waals surface area contributed by atoms with Gasteiger partial charge in [-0.05, 0) is 131 Å². The number of rotatable bonds is 18. The van der Waals surface area contributed by atoms with Gasteiger partial charge in [0.15, 0.2) is 34.5 Å². The number of halogens is 4. The Morgan fingerprint density at radius 3 is 1.64 bits per heavy atom. The molecule has 0 spiro atoms. The van der Waals surface area contributed by atoms with E-state index in [1.807, 2.05) is 42.5 Å². The molecule has 2 aliphatic rings. The molecule has 2 atom stereocenters. The summed E-state index contributed by atoms with van der Waals surface area (Å²) < 4.78 is 92.8. The third kappa shape index (κ3) is 8.54. The van der Waals surface area contributed by atoms with Gasteiger partial charge >= 0.3 is 0 Å². The molecule has 6 aromatic rings. The molecule has 0 heterocycles. The van der Waals surface area contributed by atoms with Gasteiger partial charge in [0.2, 0.25) is 5.75 Å². The fraction of sp³-hybridized carbons (Fsp3) is 0.322. The maximum atomic E-state index is 18.4. The van der Waals surface area contributed by atoms with Gasteiger partial charge in [0, 0.05) is 17.7 Å². The fourth-order valence-corrected chi connectivity index (χ4v) is 12.0. The second-order valence-electron chi connectivity index (χ2n) is 18.1. The molecular weight excluding hydrogens is 976 g/mol. The number of methoxy groups -OCH3 is 8. The highest BCUT2D eigenvalue weighted by atomic mass is 35.5. The first-order valence-electron chi connectivity index (χ1n) is 24.0. The highest BCUT2D eigenvalue weighted by Crippen LogP contribution is 2.73. The second kappa shape index (κ2) is 21.9. The predicted molar refractivity (Wildman–Crippen MR) is 283 cm³/mol. The molecule has 2 N–H and O–H groups in total. The van der Waals surface area contributed by atoms with Gasteiger partial charge in [-0.3, -0.25) is 0 Å². The van der Waals surface area contributed by atoms with E-state index in [-0.39, 0.29) is 74.3 Å². The maximum Gasteiger partial charge on any atom is 0.203 e. The molecule has 2 aliphatic carbocycles. The maximum absolute atomic E-state index is 18.4. The van der Waals surface area contributed by atoms with Gasteiger partial charge < -0.3 is 48.4 Å². The molecule has 6 aromatic carbocycles. The van der Waals surface area contributed by atoms with E-state index in [0.717, 1.165) is 31.2 Å². The van der Waals surface area contributed by atoms with Gasteiger partial charge in [0.05, 0.1) is 89.4 Å². The number of hydrogen-bond acceptors (Lipinski definition) is 10. The average Bonchev–Trinajstić information content (AvgIpc) is 3.93. The van der Waals surface area contributed by atoms with E-state index in [1.165, 1.54) is 68.0 Å². The lowest BCUT2D eigenvalue weighted by atomic mass is 9.44. The van der Waals surface area contributed by atoms with Crippen molar-refractivity contribution in [3.8, 4) is 51.7 Å². The van der Waals surface area contributed by atoms with E-state index in [0.29, 0.717) is 50.6 Å². The van der Waals surface area contributed by atoms with E-state index in [9.17, 15) is 0 Å². The van der Waals surface area contributed by atoms with Gasteiger partial charge in [-0.25, -0.2) is 8.78 Å². The van der Waals surface area contributed by atoms with Crippen LogP contribution in [0.15, 0.2) is 113 Å². The van der Waals surface area contributed by atoms with E-state index < -0.39 is 28.0 Å². The van der Waals surface area contributed by atoms with Gasteiger partial charge in [-0.15, -0.1) is 0 Å². The largest absolute Gasteiger partial charge is 0.496 e. The van der Waals surface area contributed by atoms with Crippen molar-refractivity contribution >= 4 is 34.3 Å². The van der Waals surface area contributed by atoms with Crippen LogP contribution >= 0.6 is 23.2 Å². The minimum atomic E-state index is -2.39. The Morgan fingerprint density at radius 2 is 1.10 bits per heavy atom. The topological polar surface area (TPSA) is 109 Å². The molecule has 10 nitrogen and oxygen atoms in total. The molecule has 2 unspecified atom stereocenters. The van der Waals surface area contributed by atoms with Gasteiger partial charge in [0.1, 0.15) is 23.1 Å². The Balaban J connectivity index is 1.84. The molecule has 14 heteroatoms. The zero-order valence-corrected chi connectivity index (χ0v) is 44.3. The van der Waals surface area contributed by atoms with Crippen LogP contribution in [0.2, 0.25) is 0 Å². The first-order valence-corrected chi connectivity index (χ1v) is 24.7. The van der Waals surface area contributed by atoms with Crippen molar-refractivity contribution in [1.29, 1.82) is 0 Å². The summed E-state index contributed by atoms with van der Waals surface area (Å²) in [5.74, 6) is 0.437. The molecule has 0 aliphatic heterocycles. The Kier molecular flexibility index (Phi) is 15.8. The Morgan fingerprint density at radius 1 is 0.562 bits per heavy atom. The average molecular weight is 1040 g/mol. The number of ether oxygens (including phenoxy) is 9. The Bertz CT molecular complexity index is 3030. The second-order valence-corrected chi connectivity index (χ2v) is 18.9. The predicted octanol–water partition coefficient (Wildman–Crippen LogP) is 13.5. The van der Waals surface area contributed by atoms with Crippen molar-refractivity contribution < 1.29 is 51.4 Å². The quantitative estimate of drug-likeness (QED) is 0.0894. The molecule has 0 bridgehead atoms. The molecule has 0 saturated heterocycles. The number of hydrogen-bond donors (Lipinski definition) is 1. The lowest BCUT2D eigenvalue weighted by Gasteiger charge is -2.57. The first kappa shape index (κ1) is 52.7. The van der Waals surface area contributed by atoms with Crippen molar-refractivity contribution in [1.82, 2.24) is 0 Å². The van der Waals surface area contributed by atoms with Gasteiger partial charge in [-0.2, -0.15) is 0 Å². The summed E-state index contributed by atoms with van der Waals surface area (Å²) in [6.07, 6.45) is 3.67. The van der Waals surface area contributed by atoms with E-state index in [1.54, 1.807) is 49.6 Å². The molecule has 1 fully saturated rings. The highest BCUT2D eigenvalue weighted by molar-refractivity contribution is 6.47. The highest BCUT2D eigenvalue weighted by Gasteiger charge is 2.67. The third-order valence-electron chi connectivity index (χ3n) is 14.3. The van der Waals surface area contributed by atoms with Crippen molar-refractivity contribution in [2.24, 2.45) is 5.73 Å². The minimum absolute atomic E-state index is 0.0106. The summed E-state index contributed by atoms with van der Waals surface area (Å²) in [4.78, 5) is 0. The normalized spacial score (nSPS) is 18.0. The van der Waals surface area contributed by atoms with E-state index in [2.05, 4.69) is 13.8 Å². The monoisotopic (exact) mass is 1040 g/mol. The summed E-state index contributed by atoms with van der Waals surface area (Å²) in [7, 11) is 12.0. The van der Waals surface area contributed by atoms with E-state index in [4.69, 9.17) is 71.6 Å². The molecule has 8 rings (SSSR count). The van der Waals surface area contributed by atoms with Crippen LogP contribution in [-0.4, -0.2) is 63.0 Å². The van der Waals surface area contributed by atoms with Gasteiger partial charge in [-0.1, -0.05) is 79.5 Å². The van der Waals surface area contributed by atoms with Crippen LogP contribution in [0.1, 0.15) is 90.0 Å². The zero-order chi connectivity index (χ0) is 52.4. The van der Waals surface area contributed by atoms with Crippen LogP contribution in [0.4, 0.5) is 8.78 Å². The number of benzene rings is 6. The van der Waals surface area contributed by atoms with E-state index >= 15 is 8.78 Å². The SMILES string of the molecule is COc1ccc(C2(c3c(OC)cccc3OC)C(c3c(CN)cccc3C(C)C)=C(c3ccc(OC)c(OC4CCCC4)c3)C(Cl)=C(Cl)C2(c2cc(OC)c(OC)c(OC)c2)c2c(F)cccc2F)cc1OC. The standard InChI is InChI=1S/C59H61Cl2F2NO9/c1-33(2)39-19-13-16-35(32-64)50(39)54-51(34-24-26-43(66-4)47(28-34)73-38-17-11-12-18-38)55(60)57(61)59(52-40(62)20-14-21-41(52)63,37-30-48(70-8)56(72-10)49(31-37)71-9)58(54,36-25-27-42(65-3)46(29-36)69-7)53-44(67-5)22-15-23-45(53)68-6/h13-16,19-31,33,38H,11-12,17-18,32,64H2,1-10H3. The van der Waals surface area contributed by atoms with Crippen LogP contribution in [0.3, 0.4) is 0 Å². The lowest BCUT2D eigenvalue weighted by molar-refractivity contribution is 0.200. The van der Waals surface area contributed by atoms with Crippen molar-refractivity contribution in [3.63, 3.8) is 0 Å². The smallest absolute Gasteiger partial charge is 0.203 e. The summed E-state index contributed by atoms with van der Waals surface area (Å²) >= 11 is 16.7. The first-order chi connectivity index (χ1) is 35.3. The molecular formula is C59H61Cl2F2NO9.